The fourth-order valence-corrected chi connectivity index (χ4v) is 3.79. The quantitative estimate of drug-likeness (QED) is 0.662. The van der Waals surface area contributed by atoms with Crippen molar-refractivity contribution in [1.82, 2.24) is 0 Å². The Labute approximate surface area is 113 Å². The third-order valence-corrected chi connectivity index (χ3v) is 4.86. The predicted molar refractivity (Wildman–Crippen MR) is 75.3 cm³/mol. The number of nitro groups is 1. The van der Waals surface area contributed by atoms with Gasteiger partial charge in [0.2, 0.25) is 0 Å². The van der Waals surface area contributed by atoms with E-state index in [2.05, 4.69) is 5.32 Å². The highest BCUT2D eigenvalue weighted by Crippen LogP contribution is 2.48. The van der Waals surface area contributed by atoms with Crippen LogP contribution >= 0.6 is 0 Å². The monoisotopic (exact) mass is 260 g/mol. The van der Waals surface area contributed by atoms with E-state index in [0.717, 1.165) is 35.5 Å². The number of nitrogens with one attached hydrogen (secondary N) is 1. The summed E-state index contributed by atoms with van der Waals surface area (Å²) < 4.78 is 0. The van der Waals surface area contributed by atoms with E-state index in [1.54, 1.807) is 13.0 Å². The van der Waals surface area contributed by atoms with Gasteiger partial charge in [-0.25, -0.2) is 0 Å². The normalized spacial score (nSPS) is 28.6. The fourth-order valence-electron chi connectivity index (χ4n) is 3.79. The van der Waals surface area contributed by atoms with Gasteiger partial charge in [0.25, 0.3) is 5.69 Å². The highest BCUT2D eigenvalue weighted by molar-refractivity contribution is 5.54. The lowest BCUT2D eigenvalue weighted by Crippen LogP contribution is -2.20. The Morgan fingerprint density at radius 2 is 2.21 bits per heavy atom. The van der Waals surface area contributed by atoms with Crippen LogP contribution in [0.5, 0.6) is 0 Å². The third-order valence-electron chi connectivity index (χ3n) is 4.86. The molecule has 3 unspecified atom stereocenters. The molecule has 4 nitrogen and oxygen atoms in total. The van der Waals surface area contributed by atoms with Crippen LogP contribution < -0.4 is 5.32 Å². The number of hydrogen-bond donors (Lipinski definition) is 1. The van der Waals surface area contributed by atoms with Crippen molar-refractivity contribution in [3.8, 4) is 0 Å². The molecule has 0 amide bonds. The van der Waals surface area contributed by atoms with Crippen molar-refractivity contribution in [1.29, 1.82) is 0 Å². The van der Waals surface area contributed by atoms with E-state index in [4.69, 9.17) is 0 Å². The van der Waals surface area contributed by atoms with Crippen LogP contribution in [-0.4, -0.2) is 11.5 Å². The molecule has 3 atom stereocenters. The molecule has 3 rings (SSSR count). The van der Waals surface area contributed by atoms with Crippen molar-refractivity contribution in [2.75, 3.05) is 11.9 Å². The van der Waals surface area contributed by atoms with Gasteiger partial charge in [-0.05, 0) is 50.0 Å². The van der Waals surface area contributed by atoms with Gasteiger partial charge in [0.15, 0.2) is 0 Å². The van der Waals surface area contributed by atoms with Crippen LogP contribution in [-0.2, 0) is 0 Å². The molecule has 102 valence electrons. The SMILES string of the molecule is Cc1ccc(NCC2CC3CCC2C3)cc1[N+](=O)[O-]. The van der Waals surface area contributed by atoms with Crippen LogP contribution in [0.15, 0.2) is 18.2 Å². The number of benzene rings is 1. The summed E-state index contributed by atoms with van der Waals surface area (Å²) in [6, 6.07) is 5.42. The molecule has 2 saturated carbocycles. The van der Waals surface area contributed by atoms with Gasteiger partial charge in [-0.2, -0.15) is 0 Å². The van der Waals surface area contributed by atoms with E-state index in [1.165, 1.54) is 25.7 Å². The van der Waals surface area contributed by atoms with Crippen LogP contribution in [0.1, 0.15) is 31.2 Å². The zero-order valence-electron chi connectivity index (χ0n) is 11.3. The number of anilines is 1. The standard InChI is InChI=1S/C15H20N2O2/c1-10-2-5-14(8-15(10)17(18)19)16-9-13-7-11-3-4-12(13)6-11/h2,5,8,11-13,16H,3-4,6-7,9H2,1H3. The minimum atomic E-state index is -0.307. The van der Waals surface area contributed by atoms with Crippen LogP contribution in [0.2, 0.25) is 0 Å². The van der Waals surface area contributed by atoms with Crippen LogP contribution in [0.25, 0.3) is 0 Å². The van der Waals surface area contributed by atoms with Crippen molar-refractivity contribution in [3.05, 3.63) is 33.9 Å². The fraction of sp³-hybridized carbons (Fsp3) is 0.600. The summed E-state index contributed by atoms with van der Waals surface area (Å²) in [5.74, 6) is 2.60. The highest BCUT2D eigenvalue weighted by atomic mass is 16.6. The zero-order chi connectivity index (χ0) is 13.4. The Morgan fingerprint density at radius 3 is 2.84 bits per heavy atom. The number of aryl methyl sites for hydroxylation is 1. The summed E-state index contributed by atoms with van der Waals surface area (Å²) in [5, 5.41) is 14.3. The highest BCUT2D eigenvalue weighted by Gasteiger charge is 2.39. The number of fused-ring (bicyclic) bond motifs is 2. The van der Waals surface area contributed by atoms with Crippen molar-refractivity contribution in [2.24, 2.45) is 17.8 Å². The molecule has 0 radical (unpaired) electrons. The van der Waals surface area contributed by atoms with E-state index < -0.39 is 0 Å². The lowest BCUT2D eigenvalue weighted by Gasteiger charge is -2.22. The number of nitrogens with zero attached hydrogens (tertiary/aromatic N) is 1. The first kappa shape index (κ1) is 12.5. The van der Waals surface area contributed by atoms with Gasteiger partial charge in [0.05, 0.1) is 4.92 Å². The Morgan fingerprint density at radius 1 is 1.37 bits per heavy atom. The van der Waals surface area contributed by atoms with Gasteiger partial charge in [0, 0.05) is 23.9 Å². The second-order valence-corrected chi connectivity index (χ2v) is 6.07. The van der Waals surface area contributed by atoms with Crippen molar-refractivity contribution in [2.45, 2.75) is 32.6 Å². The van der Waals surface area contributed by atoms with Crippen molar-refractivity contribution >= 4 is 11.4 Å². The lowest BCUT2D eigenvalue weighted by molar-refractivity contribution is -0.385. The summed E-state index contributed by atoms with van der Waals surface area (Å²) in [4.78, 5) is 10.6. The number of hydrogen-bond acceptors (Lipinski definition) is 3. The molecule has 0 aromatic heterocycles. The summed E-state index contributed by atoms with van der Waals surface area (Å²) in [7, 11) is 0. The average molecular weight is 260 g/mol. The first-order chi connectivity index (χ1) is 9.13. The number of nitro benzene ring substituents is 1. The summed E-state index contributed by atoms with van der Waals surface area (Å²) >= 11 is 0. The molecule has 1 aromatic carbocycles. The summed E-state index contributed by atoms with van der Waals surface area (Å²) in [6.07, 6.45) is 5.54. The molecule has 4 heteroatoms. The molecule has 0 heterocycles. The Kier molecular flexibility index (Phi) is 3.17. The smallest absolute Gasteiger partial charge is 0.274 e. The van der Waals surface area contributed by atoms with Crippen molar-refractivity contribution < 1.29 is 4.92 Å². The molecule has 1 N–H and O–H groups in total. The van der Waals surface area contributed by atoms with Crippen LogP contribution in [0.3, 0.4) is 0 Å². The molecule has 2 fully saturated rings. The molecule has 0 spiro atoms. The molecule has 2 aliphatic carbocycles. The van der Waals surface area contributed by atoms with E-state index in [0.29, 0.717) is 0 Å². The van der Waals surface area contributed by atoms with E-state index in [1.807, 2.05) is 12.1 Å². The Balaban J connectivity index is 1.64. The average Bonchev–Trinajstić information content (AvgIpc) is 2.99. The van der Waals surface area contributed by atoms with Gasteiger partial charge in [-0.15, -0.1) is 0 Å². The van der Waals surface area contributed by atoms with E-state index in [-0.39, 0.29) is 10.6 Å². The molecule has 1 aromatic rings. The van der Waals surface area contributed by atoms with Gasteiger partial charge >= 0.3 is 0 Å². The Bertz CT molecular complexity index is 501. The Hall–Kier alpha value is -1.58. The first-order valence-electron chi connectivity index (χ1n) is 7.12. The maximum Gasteiger partial charge on any atom is 0.274 e. The van der Waals surface area contributed by atoms with Crippen LogP contribution in [0.4, 0.5) is 11.4 Å². The molecule has 2 aliphatic rings. The minimum Gasteiger partial charge on any atom is -0.385 e. The molecule has 19 heavy (non-hydrogen) atoms. The maximum absolute atomic E-state index is 10.9. The maximum atomic E-state index is 10.9. The largest absolute Gasteiger partial charge is 0.385 e. The topological polar surface area (TPSA) is 55.2 Å². The van der Waals surface area contributed by atoms with Gasteiger partial charge in [0.1, 0.15) is 0 Å². The van der Waals surface area contributed by atoms with Crippen LogP contribution in [0, 0.1) is 34.8 Å². The van der Waals surface area contributed by atoms with Gasteiger partial charge in [-0.1, -0.05) is 12.5 Å². The second-order valence-electron chi connectivity index (χ2n) is 6.07. The van der Waals surface area contributed by atoms with E-state index >= 15 is 0 Å². The molecule has 0 saturated heterocycles. The lowest BCUT2D eigenvalue weighted by atomic mass is 9.89. The third kappa shape index (κ3) is 2.44. The number of rotatable bonds is 4. The van der Waals surface area contributed by atoms with Gasteiger partial charge in [-0.3, -0.25) is 10.1 Å². The molecular formula is C15H20N2O2. The van der Waals surface area contributed by atoms with E-state index in [9.17, 15) is 10.1 Å². The van der Waals surface area contributed by atoms with Gasteiger partial charge < -0.3 is 5.32 Å². The molecule has 2 bridgehead atoms. The first-order valence-corrected chi connectivity index (χ1v) is 7.12. The molecule has 0 aliphatic heterocycles. The minimum absolute atomic E-state index is 0.206. The predicted octanol–water partition coefficient (Wildman–Crippen LogP) is 3.75. The summed E-state index contributed by atoms with van der Waals surface area (Å²) in [5.41, 5.74) is 1.80. The summed E-state index contributed by atoms with van der Waals surface area (Å²) in [6.45, 7) is 2.74. The molecular weight excluding hydrogens is 240 g/mol. The second kappa shape index (κ2) is 4.83. The van der Waals surface area contributed by atoms with Crippen molar-refractivity contribution in [3.63, 3.8) is 0 Å². The zero-order valence-corrected chi connectivity index (χ0v) is 11.3.